The number of hydrogen-bond acceptors (Lipinski definition) is 2. The molecule has 0 fully saturated rings. The molecular formula is C12H16O3. The van der Waals surface area contributed by atoms with Crippen LogP contribution in [-0.4, -0.2) is 17.2 Å². The lowest BCUT2D eigenvalue weighted by atomic mass is 10.1. The Bertz CT molecular complexity index is 356. The average Bonchev–Trinajstić information content (AvgIpc) is 2.17. The van der Waals surface area contributed by atoms with Crippen molar-refractivity contribution in [3.8, 4) is 5.75 Å². The molecule has 0 aliphatic rings. The first kappa shape index (κ1) is 11.6. The van der Waals surface area contributed by atoms with Gasteiger partial charge in [-0.25, -0.2) is 4.79 Å². The van der Waals surface area contributed by atoms with Gasteiger partial charge in [0.05, 0.1) is 11.7 Å². The Morgan fingerprint density at radius 3 is 2.60 bits per heavy atom. The molecule has 0 spiro atoms. The summed E-state index contributed by atoms with van der Waals surface area (Å²) in [6.45, 7) is 5.88. The van der Waals surface area contributed by atoms with Gasteiger partial charge in [0.1, 0.15) is 5.75 Å². The molecule has 0 aliphatic carbocycles. The minimum atomic E-state index is -0.902. The van der Waals surface area contributed by atoms with Crippen LogP contribution in [0.4, 0.5) is 0 Å². The summed E-state index contributed by atoms with van der Waals surface area (Å²) in [5, 5.41) is 8.84. The Morgan fingerprint density at radius 2 is 2.13 bits per heavy atom. The molecule has 0 aliphatic heterocycles. The first-order valence-electron chi connectivity index (χ1n) is 5.07. The highest BCUT2D eigenvalue weighted by molar-refractivity contribution is 5.88. The van der Waals surface area contributed by atoms with Crippen LogP contribution in [0.25, 0.3) is 0 Å². The fraction of sp³-hybridized carbons (Fsp3) is 0.417. The molecule has 0 amide bonds. The largest absolute Gasteiger partial charge is 0.491 e. The molecule has 15 heavy (non-hydrogen) atoms. The maximum absolute atomic E-state index is 10.8. The number of carboxylic acid groups (broad SMARTS) is 1. The number of aryl methyl sites for hydroxylation is 1. The molecule has 82 valence electrons. The molecule has 0 saturated heterocycles. The van der Waals surface area contributed by atoms with E-state index < -0.39 is 5.97 Å². The van der Waals surface area contributed by atoms with E-state index in [9.17, 15) is 4.79 Å². The number of ether oxygens (including phenoxy) is 1. The van der Waals surface area contributed by atoms with Crippen LogP contribution < -0.4 is 4.74 Å². The van der Waals surface area contributed by atoms with Crippen molar-refractivity contribution in [2.24, 2.45) is 0 Å². The molecule has 0 aromatic heterocycles. The van der Waals surface area contributed by atoms with Crippen LogP contribution in [0.5, 0.6) is 5.75 Å². The van der Waals surface area contributed by atoms with E-state index in [2.05, 4.69) is 0 Å². The van der Waals surface area contributed by atoms with E-state index in [0.29, 0.717) is 5.56 Å². The third kappa shape index (κ3) is 2.98. The van der Waals surface area contributed by atoms with Gasteiger partial charge >= 0.3 is 5.97 Å². The Kier molecular flexibility index (Phi) is 3.72. The average molecular weight is 208 g/mol. The van der Waals surface area contributed by atoms with Crippen LogP contribution in [-0.2, 0) is 6.42 Å². The number of aromatic carboxylic acids is 1. The molecule has 1 N–H and O–H groups in total. The maximum atomic E-state index is 10.8. The van der Waals surface area contributed by atoms with Crippen molar-refractivity contribution in [3.05, 3.63) is 29.3 Å². The van der Waals surface area contributed by atoms with Crippen LogP contribution in [0.2, 0.25) is 0 Å². The molecule has 3 nitrogen and oxygen atoms in total. The third-order valence-corrected chi connectivity index (χ3v) is 2.05. The van der Waals surface area contributed by atoms with Gasteiger partial charge in [0.2, 0.25) is 0 Å². The number of carboxylic acids is 1. The molecular weight excluding hydrogens is 192 g/mol. The summed E-state index contributed by atoms with van der Waals surface area (Å²) < 4.78 is 5.58. The molecule has 0 radical (unpaired) electrons. The van der Waals surface area contributed by atoms with Crippen molar-refractivity contribution in [3.63, 3.8) is 0 Å². The van der Waals surface area contributed by atoms with E-state index in [1.54, 1.807) is 18.2 Å². The predicted octanol–water partition coefficient (Wildman–Crippen LogP) is 2.73. The maximum Gasteiger partial charge on any atom is 0.335 e. The SMILES string of the molecule is CCc1cc(C(=O)O)ccc1OC(C)C. The van der Waals surface area contributed by atoms with Crippen molar-refractivity contribution in [2.45, 2.75) is 33.3 Å². The van der Waals surface area contributed by atoms with E-state index in [0.717, 1.165) is 17.7 Å². The van der Waals surface area contributed by atoms with Crippen LogP contribution in [0.15, 0.2) is 18.2 Å². The summed E-state index contributed by atoms with van der Waals surface area (Å²) in [7, 11) is 0. The fourth-order valence-electron chi connectivity index (χ4n) is 1.36. The summed E-state index contributed by atoms with van der Waals surface area (Å²) in [6.07, 6.45) is 0.870. The molecule has 3 heteroatoms. The van der Waals surface area contributed by atoms with Gasteiger partial charge in [-0.2, -0.15) is 0 Å². The molecule has 0 bridgehead atoms. The highest BCUT2D eigenvalue weighted by Gasteiger charge is 2.08. The van der Waals surface area contributed by atoms with E-state index in [4.69, 9.17) is 9.84 Å². The van der Waals surface area contributed by atoms with Crippen molar-refractivity contribution in [2.75, 3.05) is 0 Å². The summed E-state index contributed by atoms with van der Waals surface area (Å²) >= 11 is 0. The van der Waals surface area contributed by atoms with E-state index in [1.165, 1.54) is 0 Å². The molecule has 0 atom stereocenters. The van der Waals surface area contributed by atoms with Crippen molar-refractivity contribution >= 4 is 5.97 Å². The smallest absolute Gasteiger partial charge is 0.335 e. The summed E-state index contributed by atoms with van der Waals surface area (Å²) in [5.41, 5.74) is 1.24. The lowest BCUT2D eigenvalue weighted by Gasteiger charge is -2.13. The number of hydrogen-bond donors (Lipinski definition) is 1. The summed E-state index contributed by atoms with van der Waals surface area (Å²) in [5.74, 6) is -0.127. The Balaban J connectivity index is 3.03. The topological polar surface area (TPSA) is 46.5 Å². The second-order valence-electron chi connectivity index (χ2n) is 3.65. The fourth-order valence-corrected chi connectivity index (χ4v) is 1.36. The molecule has 1 aromatic rings. The zero-order chi connectivity index (χ0) is 11.4. The van der Waals surface area contributed by atoms with Crippen LogP contribution in [0.1, 0.15) is 36.7 Å². The lowest BCUT2D eigenvalue weighted by molar-refractivity contribution is 0.0696. The summed E-state index contributed by atoms with van der Waals surface area (Å²) in [4.78, 5) is 10.8. The first-order valence-corrected chi connectivity index (χ1v) is 5.07. The molecule has 0 heterocycles. The van der Waals surface area contributed by atoms with Crippen LogP contribution in [0, 0.1) is 0 Å². The summed E-state index contributed by atoms with van der Waals surface area (Å²) in [6, 6.07) is 4.96. The van der Waals surface area contributed by atoms with Crippen molar-refractivity contribution in [1.29, 1.82) is 0 Å². The van der Waals surface area contributed by atoms with Gasteiger partial charge in [0.15, 0.2) is 0 Å². The Morgan fingerprint density at radius 1 is 1.47 bits per heavy atom. The van der Waals surface area contributed by atoms with Gasteiger partial charge < -0.3 is 9.84 Å². The highest BCUT2D eigenvalue weighted by atomic mass is 16.5. The van der Waals surface area contributed by atoms with E-state index >= 15 is 0 Å². The lowest BCUT2D eigenvalue weighted by Crippen LogP contribution is -2.08. The van der Waals surface area contributed by atoms with E-state index in [1.807, 2.05) is 20.8 Å². The second-order valence-corrected chi connectivity index (χ2v) is 3.65. The zero-order valence-electron chi connectivity index (χ0n) is 9.28. The van der Waals surface area contributed by atoms with Gasteiger partial charge in [0, 0.05) is 0 Å². The Hall–Kier alpha value is -1.51. The Labute approximate surface area is 89.7 Å². The van der Waals surface area contributed by atoms with Gasteiger partial charge in [-0.3, -0.25) is 0 Å². The van der Waals surface area contributed by atoms with E-state index in [-0.39, 0.29) is 6.10 Å². The van der Waals surface area contributed by atoms with Crippen LogP contribution in [0.3, 0.4) is 0 Å². The third-order valence-electron chi connectivity index (χ3n) is 2.05. The minimum Gasteiger partial charge on any atom is -0.491 e. The molecule has 0 unspecified atom stereocenters. The standard InChI is InChI=1S/C12H16O3/c1-4-9-7-10(12(13)14)5-6-11(9)15-8(2)3/h5-8H,4H2,1-3H3,(H,13,14). The minimum absolute atomic E-state index is 0.103. The molecule has 0 saturated carbocycles. The number of rotatable bonds is 4. The predicted molar refractivity (Wildman–Crippen MR) is 58.5 cm³/mol. The van der Waals surface area contributed by atoms with Crippen molar-refractivity contribution < 1.29 is 14.6 Å². The molecule has 1 rings (SSSR count). The van der Waals surface area contributed by atoms with Gasteiger partial charge in [-0.05, 0) is 44.0 Å². The quantitative estimate of drug-likeness (QED) is 0.827. The van der Waals surface area contributed by atoms with Gasteiger partial charge in [-0.15, -0.1) is 0 Å². The first-order chi connectivity index (χ1) is 7.04. The van der Waals surface area contributed by atoms with Gasteiger partial charge in [0.25, 0.3) is 0 Å². The number of carbonyl (C=O) groups is 1. The highest BCUT2D eigenvalue weighted by Crippen LogP contribution is 2.22. The second kappa shape index (κ2) is 4.82. The van der Waals surface area contributed by atoms with Crippen molar-refractivity contribution in [1.82, 2.24) is 0 Å². The normalized spacial score (nSPS) is 10.4. The monoisotopic (exact) mass is 208 g/mol. The zero-order valence-corrected chi connectivity index (χ0v) is 9.28. The van der Waals surface area contributed by atoms with Crippen LogP contribution >= 0.6 is 0 Å². The molecule has 1 aromatic carbocycles. The number of benzene rings is 1. The van der Waals surface area contributed by atoms with Gasteiger partial charge in [-0.1, -0.05) is 6.92 Å².